The number of carbonyl (C=O) groups excluding carboxylic acids is 1. The number of aromatic nitrogens is 2. The van der Waals surface area contributed by atoms with Gasteiger partial charge in [-0.3, -0.25) is 4.79 Å². The van der Waals surface area contributed by atoms with Gasteiger partial charge in [-0.25, -0.2) is 9.07 Å². The van der Waals surface area contributed by atoms with Crippen molar-refractivity contribution >= 4 is 5.91 Å². The van der Waals surface area contributed by atoms with Crippen molar-refractivity contribution in [1.29, 1.82) is 5.26 Å². The Kier molecular flexibility index (Phi) is 6.27. The van der Waals surface area contributed by atoms with Gasteiger partial charge in [-0.15, -0.1) is 0 Å². The summed E-state index contributed by atoms with van der Waals surface area (Å²) in [4.78, 5) is 13.1. The van der Waals surface area contributed by atoms with Crippen molar-refractivity contribution in [2.45, 2.75) is 31.9 Å². The van der Waals surface area contributed by atoms with Crippen LogP contribution in [0.2, 0.25) is 0 Å². The first-order valence-corrected chi connectivity index (χ1v) is 11.5. The Labute approximate surface area is 202 Å². The number of carbonyl (C=O) groups is 1. The topological polar surface area (TPSA) is 79.9 Å². The van der Waals surface area contributed by atoms with Crippen LogP contribution < -0.4 is 10.1 Å². The maximum atomic E-state index is 14.4. The van der Waals surface area contributed by atoms with E-state index < -0.39 is 17.8 Å². The van der Waals surface area contributed by atoms with E-state index in [0.717, 1.165) is 29.7 Å². The molecule has 1 aliphatic rings. The van der Waals surface area contributed by atoms with Crippen molar-refractivity contribution < 1.29 is 13.9 Å². The number of fused-ring (bicyclic) bond motifs is 1. The first-order valence-electron chi connectivity index (χ1n) is 11.5. The largest absolute Gasteiger partial charge is 0.489 e. The van der Waals surface area contributed by atoms with E-state index in [4.69, 9.17) is 4.74 Å². The molecule has 6 nitrogen and oxygen atoms in total. The fraction of sp³-hybridized carbons (Fsp3) is 0.179. The summed E-state index contributed by atoms with van der Waals surface area (Å²) in [6.45, 7) is 0.439. The van der Waals surface area contributed by atoms with Gasteiger partial charge in [0.2, 0.25) is 0 Å². The number of nitrogens with zero attached hydrogens (tertiary/aromatic N) is 3. The summed E-state index contributed by atoms with van der Waals surface area (Å²) in [5.41, 5.74) is 3.90. The number of hydrogen-bond acceptors (Lipinski definition) is 4. The number of ether oxygens (including phenoxy) is 1. The quantitative estimate of drug-likeness (QED) is 0.412. The molecule has 3 aromatic carbocycles. The summed E-state index contributed by atoms with van der Waals surface area (Å²) in [7, 11) is 0. The lowest BCUT2D eigenvalue weighted by Crippen LogP contribution is -2.28. The van der Waals surface area contributed by atoms with Crippen LogP contribution in [0.5, 0.6) is 5.75 Å². The summed E-state index contributed by atoms with van der Waals surface area (Å²) in [5, 5.41) is 17.0. The molecule has 0 spiro atoms. The molecule has 0 saturated heterocycles. The molecule has 174 valence electrons. The molecule has 1 N–H and O–H groups in total. The third-order valence-corrected chi connectivity index (χ3v) is 6.09. The van der Waals surface area contributed by atoms with Gasteiger partial charge in [0.25, 0.3) is 5.91 Å². The first-order chi connectivity index (χ1) is 17.1. The van der Waals surface area contributed by atoms with Gasteiger partial charge in [0.1, 0.15) is 29.9 Å². The number of rotatable bonds is 7. The summed E-state index contributed by atoms with van der Waals surface area (Å²) < 4.78 is 21.7. The fourth-order valence-electron chi connectivity index (χ4n) is 4.33. The molecule has 0 bridgehead atoms. The molecule has 1 unspecified atom stereocenters. The number of hydrogen-bond donors (Lipinski definition) is 1. The van der Waals surface area contributed by atoms with Crippen LogP contribution in [0.15, 0.2) is 78.9 Å². The van der Waals surface area contributed by atoms with Crippen molar-refractivity contribution in [2.24, 2.45) is 0 Å². The van der Waals surface area contributed by atoms with E-state index in [0.29, 0.717) is 30.0 Å². The van der Waals surface area contributed by atoms with E-state index in [2.05, 4.69) is 16.5 Å². The molecule has 1 atom stereocenters. The number of benzene rings is 3. The lowest BCUT2D eigenvalue weighted by molar-refractivity contribution is 0.0938. The summed E-state index contributed by atoms with van der Waals surface area (Å²) in [6, 6.07) is 24.6. The monoisotopic (exact) mass is 466 g/mol. The van der Waals surface area contributed by atoms with Gasteiger partial charge >= 0.3 is 0 Å². The molecule has 0 radical (unpaired) electrons. The number of para-hydroxylation sites is 1. The van der Waals surface area contributed by atoms with Crippen LogP contribution in [0, 0.1) is 17.1 Å². The van der Waals surface area contributed by atoms with E-state index >= 15 is 0 Å². The fourth-order valence-corrected chi connectivity index (χ4v) is 4.33. The minimum Gasteiger partial charge on any atom is -0.489 e. The van der Waals surface area contributed by atoms with Crippen molar-refractivity contribution in [1.82, 2.24) is 15.1 Å². The Balaban J connectivity index is 1.32. The Bertz CT molecular complexity index is 1390. The van der Waals surface area contributed by atoms with E-state index in [1.54, 1.807) is 42.5 Å². The Morgan fingerprint density at radius 1 is 1.06 bits per heavy atom. The van der Waals surface area contributed by atoms with Gasteiger partial charge in [-0.05, 0) is 54.7 Å². The van der Waals surface area contributed by atoms with Gasteiger partial charge in [-0.2, -0.15) is 10.4 Å². The molecule has 1 amide bonds. The standard InChI is InChI=1S/C28H23FN4O2/c29-23-10-4-5-11-26(23)33-25-12-6-9-22(25)27(32-33)28(34)31-24(17-30)20-13-15-21(16-14-20)35-18-19-7-2-1-3-8-19/h1-5,7-8,10-11,13-16,24H,6,9,12,18H2,(H,31,34). The second-order valence-electron chi connectivity index (χ2n) is 8.37. The van der Waals surface area contributed by atoms with E-state index in [-0.39, 0.29) is 5.69 Å². The molecule has 5 rings (SSSR count). The SMILES string of the molecule is N#CC(NC(=O)c1nn(-c2ccccc2F)c2c1CCC2)c1ccc(OCc2ccccc2)cc1. The smallest absolute Gasteiger partial charge is 0.273 e. The maximum absolute atomic E-state index is 14.4. The number of amides is 1. The van der Waals surface area contributed by atoms with Gasteiger partial charge in [-0.1, -0.05) is 54.6 Å². The maximum Gasteiger partial charge on any atom is 0.273 e. The lowest BCUT2D eigenvalue weighted by Gasteiger charge is -2.13. The minimum atomic E-state index is -0.860. The van der Waals surface area contributed by atoms with Gasteiger partial charge in [0.15, 0.2) is 5.69 Å². The zero-order valence-corrected chi connectivity index (χ0v) is 18.9. The summed E-state index contributed by atoms with van der Waals surface area (Å²) >= 11 is 0. The molecular formula is C28H23FN4O2. The highest BCUT2D eigenvalue weighted by atomic mass is 19.1. The highest BCUT2D eigenvalue weighted by Gasteiger charge is 2.29. The highest BCUT2D eigenvalue weighted by Crippen LogP contribution is 2.29. The zero-order chi connectivity index (χ0) is 24.2. The predicted octanol–water partition coefficient (Wildman–Crippen LogP) is 5.07. The molecule has 1 heterocycles. The van der Waals surface area contributed by atoms with Gasteiger partial charge < -0.3 is 10.1 Å². The molecule has 0 saturated carbocycles. The summed E-state index contributed by atoms with van der Waals surface area (Å²) in [5.74, 6) is -0.183. The Morgan fingerprint density at radius 3 is 2.54 bits per heavy atom. The zero-order valence-electron chi connectivity index (χ0n) is 18.9. The highest BCUT2D eigenvalue weighted by molar-refractivity contribution is 5.94. The summed E-state index contributed by atoms with van der Waals surface area (Å²) in [6.07, 6.45) is 2.28. The molecule has 1 aromatic heterocycles. The van der Waals surface area contributed by atoms with Crippen LogP contribution in [0.4, 0.5) is 4.39 Å². The average molecular weight is 467 g/mol. The lowest BCUT2D eigenvalue weighted by atomic mass is 10.1. The van der Waals surface area contributed by atoms with Crippen molar-refractivity contribution in [3.05, 3.63) is 113 Å². The third kappa shape index (κ3) is 4.64. The van der Waals surface area contributed by atoms with Gasteiger partial charge in [0.05, 0.1) is 6.07 Å². The minimum absolute atomic E-state index is 0.240. The van der Waals surface area contributed by atoms with E-state index in [9.17, 15) is 14.4 Å². The normalized spacial score (nSPS) is 13.0. The third-order valence-electron chi connectivity index (χ3n) is 6.09. The molecular weight excluding hydrogens is 443 g/mol. The second kappa shape index (κ2) is 9.82. The molecule has 1 aliphatic carbocycles. The van der Waals surface area contributed by atoms with E-state index in [1.165, 1.54) is 10.7 Å². The van der Waals surface area contributed by atoms with Crippen molar-refractivity contribution in [2.75, 3.05) is 0 Å². The van der Waals surface area contributed by atoms with E-state index in [1.807, 2.05) is 30.3 Å². The van der Waals surface area contributed by atoms with Crippen molar-refractivity contribution in [3.8, 4) is 17.5 Å². The van der Waals surface area contributed by atoms with Crippen molar-refractivity contribution in [3.63, 3.8) is 0 Å². The molecule has 35 heavy (non-hydrogen) atoms. The predicted molar refractivity (Wildman–Crippen MR) is 129 cm³/mol. The number of nitriles is 1. The van der Waals surface area contributed by atoms with Crippen LogP contribution in [-0.2, 0) is 19.4 Å². The van der Waals surface area contributed by atoms with Gasteiger partial charge in [0, 0.05) is 11.3 Å². The number of halogens is 1. The molecule has 7 heteroatoms. The molecule has 4 aromatic rings. The van der Waals surface area contributed by atoms with Crippen LogP contribution in [0.3, 0.4) is 0 Å². The van der Waals surface area contributed by atoms with Crippen LogP contribution in [-0.4, -0.2) is 15.7 Å². The van der Waals surface area contributed by atoms with Crippen LogP contribution >= 0.6 is 0 Å². The first kappa shape index (κ1) is 22.4. The molecule has 0 fully saturated rings. The van der Waals surface area contributed by atoms with Crippen LogP contribution in [0.25, 0.3) is 5.69 Å². The Morgan fingerprint density at radius 2 is 1.80 bits per heavy atom. The number of nitrogens with one attached hydrogen (secondary N) is 1. The Hall–Kier alpha value is -4.44. The second-order valence-corrected chi connectivity index (χ2v) is 8.37. The van der Waals surface area contributed by atoms with Crippen LogP contribution in [0.1, 0.15) is 45.3 Å². The molecule has 0 aliphatic heterocycles. The average Bonchev–Trinajstić information content (AvgIpc) is 3.51.